The van der Waals surface area contributed by atoms with Crippen molar-refractivity contribution in [2.75, 3.05) is 0 Å². The van der Waals surface area contributed by atoms with E-state index in [1.807, 2.05) is 0 Å². The van der Waals surface area contributed by atoms with Gasteiger partial charge < -0.3 is 5.32 Å². The van der Waals surface area contributed by atoms with E-state index < -0.39 is 0 Å². The van der Waals surface area contributed by atoms with Gasteiger partial charge in [0.2, 0.25) is 0 Å². The lowest BCUT2D eigenvalue weighted by Gasteiger charge is -2.04. The van der Waals surface area contributed by atoms with Gasteiger partial charge in [-0.2, -0.15) is 0 Å². The molecule has 0 heterocycles. The second-order valence-corrected chi connectivity index (χ2v) is 4.61. The van der Waals surface area contributed by atoms with E-state index in [9.17, 15) is 4.39 Å². The largest absolute Gasteiger partial charge is 0.310 e. The average molecular weight is 228 g/mol. The van der Waals surface area contributed by atoms with Crippen LogP contribution >= 0.6 is 11.6 Å². The molecule has 82 valence electrons. The van der Waals surface area contributed by atoms with Crippen LogP contribution in [-0.4, -0.2) is 6.04 Å². The van der Waals surface area contributed by atoms with Crippen LogP contribution in [0.25, 0.3) is 0 Å². The average Bonchev–Trinajstić information content (AvgIpc) is 2.91. The number of hydrogen-bond donors (Lipinski definition) is 1. The predicted molar refractivity (Wildman–Crippen MR) is 60.4 cm³/mol. The van der Waals surface area contributed by atoms with Gasteiger partial charge in [0.25, 0.3) is 0 Å². The maximum atomic E-state index is 13.0. The zero-order valence-electron chi connectivity index (χ0n) is 8.76. The van der Waals surface area contributed by atoms with Crippen LogP contribution in [0.15, 0.2) is 18.2 Å². The lowest BCUT2D eigenvalue weighted by atomic mass is 10.2. The van der Waals surface area contributed by atoms with Gasteiger partial charge in [-0.25, -0.2) is 4.39 Å². The molecule has 15 heavy (non-hydrogen) atoms. The highest BCUT2D eigenvalue weighted by Crippen LogP contribution is 2.33. The minimum atomic E-state index is -0.262. The molecule has 1 fully saturated rings. The topological polar surface area (TPSA) is 12.0 Å². The van der Waals surface area contributed by atoms with E-state index in [4.69, 9.17) is 11.6 Å². The van der Waals surface area contributed by atoms with Gasteiger partial charge in [0, 0.05) is 17.6 Å². The first kappa shape index (κ1) is 10.9. The molecule has 1 aliphatic rings. The molecule has 2 atom stereocenters. The Morgan fingerprint density at radius 2 is 2.27 bits per heavy atom. The Kier molecular flexibility index (Phi) is 3.27. The van der Waals surface area contributed by atoms with Crippen molar-refractivity contribution >= 4 is 11.6 Å². The standard InChI is InChI=1S/C12H15ClFN/c1-2-9-5-12(9)15-7-8-3-10(13)6-11(14)4-8/h3-4,6,9,12,15H,2,5,7H2,1H3. The molecule has 3 heteroatoms. The molecule has 1 aromatic carbocycles. The molecule has 2 unspecified atom stereocenters. The van der Waals surface area contributed by atoms with E-state index >= 15 is 0 Å². The molecule has 2 rings (SSSR count). The summed E-state index contributed by atoms with van der Waals surface area (Å²) in [4.78, 5) is 0. The Balaban J connectivity index is 1.88. The first-order valence-electron chi connectivity index (χ1n) is 5.37. The third-order valence-electron chi connectivity index (χ3n) is 2.94. The monoisotopic (exact) mass is 227 g/mol. The van der Waals surface area contributed by atoms with Gasteiger partial charge in [-0.1, -0.05) is 24.9 Å². The van der Waals surface area contributed by atoms with Crippen molar-refractivity contribution in [2.45, 2.75) is 32.4 Å². The number of nitrogens with one attached hydrogen (secondary N) is 1. The fourth-order valence-electron chi connectivity index (χ4n) is 1.91. The van der Waals surface area contributed by atoms with Crippen molar-refractivity contribution in [3.63, 3.8) is 0 Å². The molecule has 0 aromatic heterocycles. The van der Waals surface area contributed by atoms with Crippen molar-refractivity contribution in [1.29, 1.82) is 0 Å². The molecule has 0 amide bonds. The molecule has 0 bridgehead atoms. The van der Waals surface area contributed by atoms with Gasteiger partial charge in [0.05, 0.1) is 0 Å². The smallest absolute Gasteiger partial charge is 0.125 e. The fourth-order valence-corrected chi connectivity index (χ4v) is 2.16. The summed E-state index contributed by atoms with van der Waals surface area (Å²) >= 11 is 5.77. The first-order chi connectivity index (χ1) is 7.19. The second-order valence-electron chi connectivity index (χ2n) is 4.17. The summed E-state index contributed by atoms with van der Waals surface area (Å²) in [7, 11) is 0. The maximum Gasteiger partial charge on any atom is 0.125 e. The van der Waals surface area contributed by atoms with Gasteiger partial charge in [0.1, 0.15) is 5.82 Å². The highest BCUT2D eigenvalue weighted by molar-refractivity contribution is 6.30. The van der Waals surface area contributed by atoms with E-state index in [0.717, 1.165) is 11.5 Å². The molecule has 1 aromatic rings. The van der Waals surface area contributed by atoms with Crippen LogP contribution in [0.4, 0.5) is 4.39 Å². The highest BCUT2D eigenvalue weighted by atomic mass is 35.5. The minimum Gasteiger partial charge on any atom is -0.310 e. The zero-order chi connectivity index (χ0) is 10.8. The summed E-state index contributed by atoms with van der Waals surface area (Å²) in [5.74, 6) is 0.552. The van der Waals surface area contributed by atoms with Crippen LogP contribution in [-0.2, 0) is 6.54 Å². The Bertz CT molecular complexity index is 333. The quantitative estimate of drug-likeness (QED) is 0.832. The SMILES string of the molecule is CCC1CC1NCc1cc(F)cc(Cl)c1. The predicted octanol–water partition coefficient (Wildman–Crippen LogP) is 3.37. The van der Waals surface area contributed by atoms with Crippen molar-refractivity contribution in [1.82, 2.24) is 5.32 Å². The molecule has 0 aliphatic heterocycles. The van der Waals surface area contributed by atoms with E-state index in [-0.39, 0.29) is 5.82 Å². The zero-order valence-corrected chi connectivity index (χ0v) is 9.52. The van der Waals surface area contributed by atoms with E-state index in [0.29, 0.717) is 17.6 Å². The molecule has 1 aliphatic carbocycles. The Hall–Kier alpha value is -0.600. The third-order valence-corrected chi connectivity index (χ3v) is 3.16. The minimum absolute atomic E-state index is 0.262. The summed E-state index contributed by atoms with van der Waals surface area (Å²) in [6.07, 6.45) is 2.47. The Labute approximate surface area is 94.6 Å². The molecular formula is C12H15ClFN. The maximum absolute atomic E-state index is 13.0. The lowest BCUT2D eigenvalue weighted by Crippen LogP contribution is -2.17. The Morgan fingerprint density at radius 1 is 1.47 bits per heavy atom. The van der Waals surface area contributed by atoms with Crippen molar-refractivity contribution < 1.29 is 4.39 Å². The van der Waals surface area contributed by atoms with Crippen LogP contribution in [0.1, 0.15) is 25.3 Å². The van der Waals surface area contributed by atoms with Gasteiger partial charge in [-0.3, -0.25) is 0 Å². The van der Waals surface area contributed by atoms with E-state index in [1.165, 1.54) is 25.0 Å². The number of benzene rings is 1. The van der Waals surface area contributed by atoms with E-state index in [1.54, 1.807) is 6.07 Å². The van der Waals surface area contributed by atoms with E-state index in [2.05, 4.69) is 12.2 Å². The molecule has 1 nitrogen and oxygen atoms in total. The van der Waals surface area contributed by atoms with Gasteiger partial charge in [0.15, 0.2) is 0 Å². The van der Waals surface area contributed by atoms with Crippen LogP contribution in [0, 0.1) is 11.7 Å². The van der Waals surface area contributed by atoms with Crippen molar-refractivity contribution in [3.05, 3.63) is 34.6 Å². The summed E-state index contributed by atoms with van der Waals surface area (Å²) in [6, 6.07) is 5.29. The van der Waals surface area contributed by atoms with Crippen LogP contribution in [0.3, 0.4) is 0 Å². The van der Waals surface area contributed by atoms with Crippen LogP contribution < -0.4 is 5.32 Å². The summed E-state index contributed by atoms with van der Waals surface area (Å²) < 4.78 is 13.0. The van der Waals surface area contributed by atoms with Crippen molar-refractivity contribution in [3.8, 4) is 0 Å². The summed E-state index contributed by atoms with van der Waals surface area (Å²) in [5, 5.41) is 3.87. The van der Waals surface area contributed by atoms with Crippen molar-refractivity contribution in [2.24, 2.45) is 5.92 Å². The van der Waals surface area contributed by atoms with Gasteiger partial charge in [-0.15, -0.1) is 0 Å². The van der Waals surface area contributed by atoms with Gasteiger partial charge in [-0.05, 0) is 36.1 Å². The molecule has 0 saturated heterocycles. The second kappa shape index (κ2) is 4.50. The number of rotatable bonds is 4. The summed E-state index contributed by atoms with van der Waals surface area (Å²) in [6.45, 7) is 2.91. The molecule has 0 spiro atoms. The highest BCUT2D eigenvalue weighted by Gasteiger charge is 2.34. The molecule has 1 saturated carbocycles. The molecule has 0 radical (unpaired) electrons. The first-order valence-corrected chi connectivity index (χ1v) is 5.75. The normalized spacial score (nSPS) is 24.2. The van der Waals surface area contributed by atoms with Crippen LogP contribution in [0.2, 0.25) is 5.02 Å². The molecular weight excluding hydrogens is 213 g/mol. The fraction of sp³-hybridized carbons (Fsp3) is 0.500. The Morgan fingerprint density at radius 3 is 2.87 bits per heavy atom. The lowest BCUT2D eigenvalue weighted by molar-refractivity contribution is 0.607. The summed E-state index contributed by atoms with van der Waals surface area (Å²) in [5.41, 5.74) is 0.918. The molecule has 1 N–H and O–H groups in total. The third kappa shape index (κ3) is 2.93. The van der Waals surface area contributed by atoms with Gasteiger partial charge >= 0.3 is 0 Å². The van der Waals surface area contributed by atoms with Crippen LogP contribution in [0.5, 0.6) is 0 Å². The number of hydrogen-bond acceptors (Lipinski definition) is 1. The number of halogens is 2.